The summed E-state index contributed by atoms with van der Waals surface area (Å²) in [4.78, 5) is 11.5. The summed E-state index contributed by atoms with van der Waals surface area (Å²) in [7, 11) is 0. The van der Waals surface area contributed by atoms with Gasteiger partial charge >= 0.3 is 5.97 Å². The number of carbonyl (C=O) groups is 1. The van der Waals surface area contributed by atoms with Gasteiger partial charge in [0.1, 0.15) is 5.76 Å². The van der Waals surface area contributed by atoms with E-state index < -0.39 is 0 Å². The number of fused-ring (bicyclic) bond motifs is 3. The lowest BCUT2D eigenvalue weighted by molar-refractivity contribution is -0.140. The lowest BCUT2D eigenvalue weighted by atomic mass is 9.90. The lowest BCUT2D eigenvalue weighted by Crippen LogP contribution is -2.20. The minimum Gasteiger partial charge on any atom is -0.498 e. The van der Waals surface area contributed by atoms with Crippen molar-refractivity contribution in [3.63, 3.8) is 0 Å². The Kier molecular flexibility index (Phi) is 1.39. The number of rotatable bonds is 0. The van der Waals surface area contributed by atoms with Crippen LogP contribution in [0.3, 0.4) is 0 Å². The van der Waals surface area contributed by atoms with Crippen LogP contribution in [0.2, 0.25) is 0 Å². The maximum atomic E-state index is 11.5. The molecule has 2 heterocycles. The maximum Gasteiger partial charge on any atom is 0.315 e. The third-order valence-corrected chi connectivity index (χ3v) is 3.71. The van der Waals surface area contributed by atoms with Crippen LogP contribution >= 0.6 is 0 Å². The predicted octanol–water partition coefficient (Wildman–Crippen LogP) is 1.47. The molecular weight excluding hydrogens is 180 g/mol. The van der Waals surface area contributed by atoms with Gasteiger partial charge in [-0.05, 0) is 6.42 Å². The second-order valence-electron chi connectivity index (χ2n) is 4.30. The summed E-state index contributed by atoms with van der Waals surface area (Å²) in [5, 5.41) is 0. The van der Waals surface area contributed by atoms with Crippen molar-refractivity contribution in [3.05, 3.63) is 24.7 Å². The average Bonchev–Trinajstić information content (AvgIpc) is 2.71. The number of ether oxygens (including phenoxy) is 2. The third kappa shape index (κ3) is 0.800. The molecule has 0 N–H and O–H groups in total. The van der Waals surface area contributed by atoms with Crippen LogP contribution in [-0.4, -0.2) is 12.6 Å². The van der Waals surface area contributed by atoms with E-state index in [0.29, 0.717) is 18.3 Å². The normalized spacial score (nSPS) is 44.7. The Morgan fingerprint density at radius 3 is 2.79 bits per heavy atom. The summed E-state index contributed by atoms with van der Waals surface area (Å²) in [5.41, 5.74) is 0. The number of cyclic esters (lactones) is 1. The van der Waals surface area contributed by atoms with E-state index in [4.69, 9.17) is 9.47 Å². The number of esters is 1. The van der Waals surface area contributed by atoms with Crippen LogP contribution in [0.25, 0.3) is 0 Å². The van der Waals surface area contributed by atoms with Crippen LogP contribution in [0.5, 0.6) is 0 Å². The van der Waals surface area contributed by atoms with Crippen molar-refractivity contribution in [2.75, 3.05) is 6.61 Å². The molecule has 0 bridgehead atoms. The van der Waals surface area contributed by atoms with E-state index in [1.165, 1.54) is 0 Å². The molecular formula is C11H12O3. The molecule has 3 rings (SSSR count). The summed E-state index contributed by atoms with van der Waals surface area (Å²) in [5.74, 6) is 2.16. The monoisotopic (exact) mass is 192 g/mol. The van der Waals surface area contributed by atoms with Crippen molar-refractivity contribution in [1.29, 1.82) is 0 Å². The molecule has 2 saturated heterocycles. The molecule has 0 radical (unpaired) electrons. The van der Waals surface area contributed by atoms with Gasteiger partial charge in [-0.1, -0.05) is 13.2 Å². The minimum atomic E-state index is -0.120. The number of carbonyl (C=O) groups excluding carboxylic acids is 1. The third-order valence-electron chi connectivity index (χ3n) is 3.71. The Hall–Kier alpha value is -1.25. The van der Waals surface area contributed by atoms with Crippen molar-refractivity contribution in [2.45, 2.75) is 6.42 Å². The molecule has 4 unspecified atom stereocenters. The van der Waals surface area contributed by atoms with E-state index in [2.05, 4.69) is 13.2 Å². The van der Waals surface area contributed by atoms with Gasteiger partial charge in [-0.25, -0.2) is 0 Å². The molecule has 0 spiro atoms. The smallest absolute Gasteiger partial charge is 0.315 e. The predicted molar refractivity (Wildman–Crippen MR) is 48.9 cm³/mol. The maximum absolute atomic E-state index is 11.5. The average molecular weight is 192 g/mol. The van der Waals surface area contributed by atoms with Crippen LogP contribution in [0, 0.1) is 23.7 Å². The zero-order valence-electron chi connectivity index (χ0n) is 7.86. The fraction of sp³-hybridized carbons (Fsp3) is 0.545. The van der Waals surface area contributed by atoms with Crippen molar-refractivity contribution in [2.24, 2.45) is 23.7 Å². The molecule has 2 aliphatic heterocycles. The lowest BCUT2D eigenvalue weighted by Gasteiger charge is -2.09. The van der Waals surface area contributed by atoms with Gasteiger partial charge in [-0.15, -0.1) is 0 Å². The molecule has 0 aromatic carbocycles. The molecule has 4 atom stereocenters. The molecule has 3 aliphatic rings. The van der Waals surface area contributed by atoms with E-state index in [1.54, 1.807) is 0 Å². The fourth-order valence-electron chi connectivity index (χ4n) is 2.99. The SMILES string of the molecule is C=C1OCC2C1CC1C(=C)OC(=O)C12. The van der Waals surface area contributed by atoms with E-state index in [9.17, 15) is 4.79 Å². The molecule has 0 amide bonds. The first-order chi connectivity index (χ1) is 6.68. The Bertz CT molecular complexity index is 344. The Labute approximate surface area is 82.4 Å². The van der Waals surface area contributed by atoms with Crippen molar-refractivity contribution < 1.29 is 14.3 Å². The first kappa shape index (κ1) is 8.09. The van der Waals surface area contributed by atoms with E-state index in [-0.39, 0.29) is 23.7 Å². The number of hydrogen-bond acceptors (Lipinski definition) is 3. The van der Waals surface area contributed by atoms with Gasteiger partial charge in [0.15, 0.2) is 0 Å². The molecule has 3 fully saturated rings. The molecule has 1 saturated carbocycles. The highest BCUT2D eigenvalue weighted by atomic mass is 16.5. The second kappa shape index (κ2) is 2.41. The summed E-state index contributed by atoms with van der Waals surface area (Å²) in [6, 6.07) is 0. The highest BCUT2D eigenvalue weighted by molar-refractivity contribution is 5.78. The molecule has 1 aliphatic carbocycles. The zero-order chi connectivity index (χ0) is 9.87. The number of allylic oxidation sites excluding steroid dienone is 2. The largest absolute Gasteiger partial charge is 0.498 e. The van der Waals surface area contributed by atoms with Crippen molar-refractivity contribution >= 4 is 5.97 Å². The minimum absolute atomic E-state index is 0.0215. The van der Waals surface area contributed by atoms with E-state index in [0.717, 1.165) is 12.2 Å². The highest BCUT2D eigenvalue weighted by Crippen LogP contribution is 2.54. The van der Waals surface area contributed by atoms with Crippen molar-refractivity contribution in [3.8, 4) is 0 Å². The van der Waals surface area contributed by atoms with Crippen LogP contribution in [0.15, 0.2) is 24.7 Å². The number of hydrogen-bond donors (Lipinski definition) is 0. The van der Waals surface area contributed by atoms with Crippen LogP contribution in [0.4, 0.5) is 0 Å². The summed E-state index contributed by atoms with van der Waals surface area (Å²) >= 11 is 0. The van der Waals surface area contributed by atoms with Crippen LogP contribution in [0.1, 0.15) is 6.42 Å². The van der Waals surface area contributed by atoms with Crippen LogP contribution < -0.4 is 0 Å². The molecule has 3 nitrogen and oxygen atoms in total. The summed E-state index contributed by atoms with van der Waals surface area (Å²) in [6.45, 7) is 8.27. The topological polar surface area (TPSA) is 35.5 Å². The van der Waals surface area contributed by atoms with Gasteiger partial charge in [-0.3, -0.25) is 4.79 Å². The molecule has 0 aromatic rings. The van der Waals surface area contributed by atoms with Gasteiger partial charge in [0.05, 0.1) is 18.3 Å². The van der Waals surface area contributed by atoms with E-state index in [1.807, 2.05) is 0 Å². The van der Waals surface area contributed by atoms with Gasteiger partial charge in [0, 0.05) is 17.8 Å². The Morgan fingerprint density at radius 2 is 2.00 bits per heavy atom. The van der Waals surface area contributed by atoms with Gasteiger partial charge in [0.25, 0.3) is 0 Å². The first-order valence-electron chi connectivity index (χ1n) is 4.90. The molecule has 3 heteroatoms. The van der Waals surface area contributed by atoms with Gasteiger partial charge in [0.2, 0.25) is 0 Å². The van der Waals surface area contributed by atoms with Gasteiger partial charge in [-0.2, -0.15) is 0 Å². The molecule has 14 heavy (non-hydrogen) atoms. The van der Waals surface area contributed by atoms with Crippen LogP contribution in [-0.2, 0) is 14.3 Å². The Balaban J connectivity index is 1.97. The highest BCUT2D eigenvalue weighted by Gasteiger charge is 2.57. The zero-order valence-corrected chi connectivity index (χ0v) is 7.86. The summed E-state index contributed by atoms with van der Waals surface area (Å²) < 4.78 is 10.4. The van der Waals surface area contributed by atoms with Crippen molar-refractivity contribution in [1.82, 2.24) is 0 Å². The molecule has 74 valence electrons. The Morgan fingerprint density at radius 1 is 1.21 bits per heavy atom. The first-order valence-corrected chi connectivity index (χ1v) is 4.90. The van der Waals surface area contributed by atoms with Gasteiger partial charge < -0.3 is 9.47 Å². The molecule has 0 aromatic heterocycles. The quantitative estimate of drug-likeness (QED) is 0.545. The fourth-order valence-corrected chi connectivity index (χ4v) is 2.99. The standard InChI is InChI=1S/C11H12O3/c1-5-7-3-8-6(2)14-11(12)10(8)9(7)4-13-5/h7-10H,1-4H2. The summed E-state index contributed by atoms with van der Waals surface area (Å²) in [6.07, 6.45) is 0.915. The second-order valence-corrected chi connectivity index (χ2v) is 4.30. The van der Waals surface area contributed by atoms with E-state index >= 15 is 0 Å².